The molecule has 1 aromatic carbocycles. The van der Waals surface area contributed by atoms with Gasteiger partial charge in [-0.2, -0.15) is 5.26 Å². The van der Waals surface area contributed by atoms with Crippen molar-refractivity contribution in [2.75, 3.05) is 13.1 Å². The molecule has 7 nitrogen and oxygen atoms in total. The molecule has 1 saturated carbocycles. The van der Waals surface area contributed by atoms with Gasteiger partial charge in [0, 0.05) is 31.0 Å². The molecule has 0 bridgehead atoms. The van der Waals surface area contributed by atoms with Gasteiger partial charge in [-0.05, 0) is 67.5 Å². The Hall–Kier alpha value is -3.34. The van der Waals surface area contributed by atoms with Gasteiger partial charge in [0.2, 0.25) is 0 Å². The van der Waals surface area contributed by atoms with Crippen LogP contribution in [0.25, 0.3) is 23.1 Å². The summed E-state index contributed by atoms with van der Waals surface area (Å²) >= 11 is 0. The molecule has 0 unspecified atom stereocenters. The molecule has 0 amide bonds. The molecule has 1 saturated heterocycles. The second kappa shape index (κ2) is 9.85. The Morgan fingerprint density at radius 3 is 2.59 bits per heavy atom. The molecule has 1 aliphatic heterocycles. The standard InChI is InChI=1S/C30H33N5O2/c31-19-30(27-11-5-6-14-32-27)12-15-34(16-13-30)18-21-17-24-28(23-8-2-1-7-22(21)23)33-20-35(29(24)37)25-9-3-4-10-26(25)36/h5-8,11,14,17,20,25-26,36H,1-4,9-10,12-13,15-16,18H2/t25-,26-/m0/s1. The van der Waals surface area contributed by atoms with Gasteiger partial charge >= 0.3 is 0 Å². The second-order valence-corrected chi connectivity index (χ2v) is 10.8. The van der Waals surface area contributed by atoms with Crippen LogP contribution in [0.1, 0.15) is 68.7 Å². The monoisotopic (exact) mass is 495 g/mol. The third-order valence-electron chi connectivity index (χ3n) is 8.63. The maximum Gasteiger partial charge on any atom is 0.261 e. The first-order chi connectivity index (χ1) is 18.1. The van der Waals surface area contributed by atoms with Crippen molar-refractivity contribution in [3.8, 4) is 6.07 Å². The Bertz CT molecular complexity index is 1530. The van der Waals surface area contributed by atoms with E-state index in [1.54, 1.807) is 17.1 Å². The number of nitrogens with zero attached hydrogens (tertiary/aromatic N) is 5. The highest BCUT2D eigenvalue weighted by Crippen LogP contribution is 2.34. The van der Waals surface area contributed by atoms with Gasteiger partial charge in [-0.1, -0.05) is 31.1 Å². The number of likely N-dealkylation sites (tertiary alicyclic amines) is 1. The number of fused-ring (bicyclic) bond motifs is 3. The summed E-state index contributed by atoms with van der Waals surface area (Å²) < 4.78 is 1.67. The molecule has 190 valence electrons. The van der Waals surface area contributed by atoms with E-state index in [4.69, 9.17) is 4.98 Å². The quantitative estimate of drug-likeness (QED) is 0.598. The van der Waals surface area contributed by atoms with E-state index in [9.17, 15) is 15.2 Å². The van der Waals surface area contributed by atoms with Crippen molar-refractivity contribution in [3.63, 3.8) is 0 Å². The van der Waals surface area contributed by atoms with Crippen LogP contribution < -0.4 is 16.0 Å². The normalized spacial score (nSPS) is 23.5. The Morgan fingerprint density at radius 2 is 1.86 bits per heavy atom. The van der Waals surface area contributed by atoms with Gasteiger partial charge in [0.1, 0.15) is 5.41 Å². The lowest BCUT2D eigenvalue weighted by Gasteiger charge is -2.37. The highest BCUT2D eigenvalue weighted by atomic mass is 16.3. The molecule has 2 atom stereocenters. The van der Waals surface area contributed by atoms with Crippen LogP contribution in [-0.4, -0.2) is 43.7 Å². The third-order valence-corrected chi connectivity index (χ3v) is 8.63. The van der Waals surface area contributed by atoms with E-state index >= 15 is 0 Å². The van der Waals surface area contributed by atoms with E-state index in [1.807, 2.05) is 24.3 Å². The van der Waals surface area contributed by atoms with Crippen molar-refractivity contribution in [2.45, 2.75) is 75.5 Å². The van der Waals surface area contributed by atoms with Gasteiger partial charge < -0.3 is 5.11 Å². The number of piperidine rings is 1. The smallest absolute Gasteiger partial charge is 0.261 e. The minimum absolute atomic E-state index is 0.0590. The number of pyridine rings is 1. The molecule has 2 aromatic heterocycles. The van der Waals surface area contributed by atoms with E-state index < -0.39 is 11.5 Å². The van der Waals surface area contributed by atoms with Crippen molar-refractivity contribution < 1.29 is 5.11 Å². The Balaban J connectivity index is 1.35. The fourth-order valence-electron chi connectivity index (χ4n) is 6.47. The molecule has 6 rings (SSSR count). The number of hydrogen-bond donors (Lipinski definition) is 1. The van der Waals surface area contributed by atoms with E-state index in [-0.39, 0.29) is 11.6 Å². The van der Waals surface area contributed by atoms with Crippen LogP contribution in [-0.2, 0) is 12.0 Å². The first-order valence-corrected chi connectivity index (χ1v) is 13.6. The summed E-state index contributed by atoms with van der Waals surface area (Å²) in [6, 6.07) is 10.2. The molecular formula is C30H33N5O2. The molecular weight excluding hydrogens is 462 g/mol. The van der Waals surface area contributed by atoms with Crippen molar-refractivity contribution in [1.29, 1.82) is 5.26 Å². The number of aromatic nitrogens is 3. The lowest BCUT2D eigenvalue weighted by atomic mass is 9.76. The molecule has 1 N–H and O–H groups in total. The van der Waals surface area contributed by atoms with Gasteiger partial charge in [-0.3, -0.25) is 19.2 Å². The minimum atomic E-state index is -0.543. The van der Waals surface area contributed by atoms with Crippen molar-refractivity contribution in [3.05, 3.63) is 68.8 Å². The van der Waals surface area contributed by atoms with Gasteiger partial charge in [-0.15, -0.1) is 0 Å². The van der Waals surface area contributed by atoms with E-state index in [0.29, 0.717) is 5.39 Å². The van der Waals surface area contributed by atoms with E-state index in [2.05, 4.69) is 28.1 Å². The Kier molecular flexibility index (Phi) is 6.39. The number of aliphatic hydroxyl groups is 1. The largest absolute Gasteiger partial charge is 0.391 e. The summed E-state index contributed by atoms with van der Waals surface area (Å²) in [5, 5.41) is 23.5. The maximum atomic E-state index is 13.7. The number of hydrogen-bond acceptors (Lipinski definition) is 6. The molecule has 3 heterocycles. The Labute approximate surface area is 216 Å². The third kappa shape index (κ3) is 4.28. The zero-order valence-corrected chi connectivity index (χ0v) is 21.1. The zero-order valence-electron chi connectivity index (χ0n) is 21.1. The van der Waals surface area contributed by atoms with Gasteiger partial charge in [0.15, 0.2) is 0 Å². The molecule has 2 aliphatic carbocycles. The summed E-state index contributed by atoms with van der Waals surface area (Å²) in [6.07, 6.45) is 14.3. The summed E-state index contributed by atoms with van der Waals surface area (Å²) in [5.41, 5.74) is 2.16. The average molecular weight is 496 g/mol. The zero-order chi connectivity index (χ0) is 25.4. The maximum absolute atomic E-state index is 13.7. The van der Waals surface area contributed by atoms with Crippen molar-refractivity contribution >= 4 is 23.1 Å². The summed E-state index contributed by atoms with van der Waals surface area (Å²) in [5.74, 6) is 0. The Morgan fingerprint density at radius 1 is 1.08 bits per heavy atom. The number of rotatable bonds is 4. The lowest BCUT2D eigenvalue weighted by Crippen LogP contribution is -2.44. The first kappa shape index (κ1) is 24.0. The fourth-order valence-corrected chi connectivity index (χ4v) is 6.47. The van der Waals surface area contributed by atoms with Crippen LogP contribution in [0.4, 0.5) is 0 Å². The molecule has 0 radical (unpaired) electrons. The molecule has 37 heavy (non-hydrogen) atoms. The van der Waals surface area contributed by atoms with Gasteiger partial charge in [0.05, 0.1) is 41.1 Å². The summed E-state index contributed by atoms with van der Waals surface area (Å²) in [6.45, 7) is 2.32. The SMILES string of the molecule is N#CC1(c2ccccn2)CCN(Cc2cc3c(=O)n([C@H]4CCCC[C@@H]4O)cnc3c3c2=CCCC=3)CC1. The van der Waals surface area contributed by atoms with Crippen molar-refractivity contribution in [1.82, 2.24) is 19.4 Å². The highest BCUT2D eigenvalue weighted by molar-refractivity contribution is 5.80. The van der Waals surface area contributed by atoms with Crippen LogP contribution in [0, 0.1) is 11.3 Å². The molecule has 3 aromatic rings. The summed E-state index contributed by atoms with van der Waals surface area (Å²) in [4.78, 5) is 25.4. The average Bonchev–Trinajstić information content (AvgIpc) is 2.95. The van der Waals surface area contributed by atoms with Crippen LogP contribution >= 0.6 is 0 Å². The van der Waals surface area contributed by atoms with Crippen LogP contribution in [0.5, 0.6) is 0 Å². The van der Waals surface area contributed by atoms with E-state index in [0.717, 1.165) is 93.0 Å². The fraction of sp³-hybridized carbons (Fsp3) is 0.467. The predicted octanol–water partition coefficient (Wildman–Crippen LogP) is 2.68. The van der Waals surface area contributed by atoms with Crippen LogP contribution in [0.2, 0.25) is 0 Å². The minimum Gasteiger partial charge on any atom is -0.391 e. The van der Waals surface area contributed by atoms with Gasteiger partial charge in [-0.25, -0.2) is 4.98 Å². The molecule has 7 heteroatoms. The predicted molar refractivity (Wildman–Crippen MR) is 143 cm³/mol. The number of nitriles is 1. The second-order valence-electron chi connectivity index (χ2n) is 10.8. The molecule has 2 fully saturated rings. The molecule has 0 spiro atoms. The number of aliphatic hydroxyl groups excluding tert-OH is 1. The lowest BCUT2D eigenvalue weighted by molar-refractivity contribution is 0.0735. The number of benzene rings is 1. The highest BCUT2D eigenvalue weighted by Gasteiger charge is 2.37. The van der Waals surface area contributed by atoms with Crippen molar-refractivity contribution in [2.24, 2.45) is 0 Å². The molecule has 3 aliphatic rings. The van der Waals surface area contributed by atoms with Crippen LogP contribution in [0.15, 0.2) is 41.6 Å². The first-order valence-electron chi connectivity index (χ1n) is 13.6. The topological polar surface area (TPSA) is 95.0 Å². The van der Waals surface area contributed by atoms with E-state index in [1.165, 1.54) is 5.22 Å². The van der Waals surface area contributed by atoms with Crippen LogP contribution in [0.3, 0.4) is 0 Å². The van der Waals surface area contributed by atoms with Gasteiger partial charge in [0.25, 0.3) is 5.56 Å². The summed E-state index contributed by atoms with van der Waals surface area (Å²) in [7, 11) is 0.